The van der Waals surface area contributed by atoms with E-state index in [2.05, 4.69) is 5.10 Å². The molecular weight excluding hydrogens is 446 g/mol. The van der Waals surface area contributed by atoms with Crippen LogP contribution in [0.1, 0.15) is 42.9 Å². The SMILES string of the molecule is Cn1nccc1[C@H](CC(=O)N1CCCCC1)c1c(O)cc(O)c2c(=O)cc(-c3ccccc3)oc12. The summed E-state index contributed by atoms with van der Waals surface area (Å²) in [6.45, 7) is 1.40. The number of benzene rings is 2. The highest BCUT2D eigenvalue weighted by Crippen LogP contribution is 2.43. The zero-order chi connectivity index (χ0) is 24.5. The van der Waals surface area contributed by atoms with Gasteiger partial charge < -0.3 is 19.5 Å². The Morgan fingerprint density at radius 2 is 1.80 bits per heavy atom. The summed E-state index contributed by atoms with van der Waals surface area (Å²) in [5.74, 6) is -1.01. The van der Waals surface area contributed by atoms with Crippen molar-refractivity contribution < 1.29 is 19.4 Å². The van der Waals surface area contributed by atoms with Gasteiger partial charge in [-0.05, 0) is 25.3 Å². The minimum atomic E-state index is -0.644. The number of hydrogen-bond donors (Lipinski definition) is 2. The first-order chi connectivity index (χ1) is 16.9. The number of hydrogen-bond acceptors (Lipinski definition) is 6. The summed E-state index contributed by atoms with van der Waals surface area (Å²) >= 11 is 0. The van der Waals surface area contributed by atoms with Crippen LogP contribution in [0.25, 0.3) is 22.3 Å². The minimum absolute atomic E-state index is 0.0323. The fourth-order valence-electron chi connectivity index (χ4n) is 4.93. The summed E-state index contributed by atoms with van der Waals surface area (Å²) in [4.78, 5) is 28.3. The smallest absolute Gasteiger partial charge is 0.223 e. The van der Waals surface area contributed by atoms with Gasteiger partial charge >= 0.3 is 0 Å². The number of phenolic OH excluding ortho intramolecular Hbond substituents is 2. The fraction of sp³-hybridized carbons (Fsp3) is 0.296. The van der Waals surface area contributed by atoms with Crippen LogP contribution in [0.2, 0.25) is 0 Å². The average molecular weight is 474 g/mol. The molecular formula is C27H27N3O5. The molecule has 180 valence electrons. The monoisotopic (exact) mass is 473 g/mol. The number of phenols is 2. The van der Waals surface area contributed by atoms with E-state index in [4.69, 9.17) is 4.42 Å². The van der Waals surface area contributed by atoms with E-state index in [-0.39, 0.29) is 40.4 Å². The first-order valence-corrected chi connectivity index (χ1v) is 11.8. The standard InChI is InChI=1S/C27H27N3O5/c1-29-19(10-11-28-29)18(14-24(34)30-12-6-3-7-13-30)25-20(31)15-21(32)26-22(33)16-23(35-27(25)26)17-8-4-2-5-9-17/h2,4-5,8-11,15-16,18,31-32H,3,6-7,12-14H2,1H3/t18-/m0/s1. The lowest BCUT2D eigenvalue weighted by Crippen LogP contribution is -2.36. The lowest BCUT2D eigenvalue weighted by molar-refractivity contribution is -0.132. The predicted octanol–water partition coefficient (Wildman–Crippen LogP) is 4.14. The highest BCUT2D eigenvalue weighted by Gasteiger charge is 2.31. The summed E-state index contributed by atoms with van der Waals surface area (Å²) in [5, 5.41) is 25.8. The maximum atomic E-state index is 13.3. The van der Waals surface area contributed by atoms with E-state index in [1.165, 1.54) is 6.07 Å². The molecule has 1 fully saturated rings. The van der Waals surface area contributed by atoms with Crippen LogP contribution < -0.4 is 5.43 Å². The van der Waals surface area contributed by atoms with Gasteiger partial charge in [0.05, 0.1) is 0 Å². The van der Waals surface area contributed by atoms with Gasteiger partial charge in [0.2, 0.25) is 5.91 Å². The maximum Gasteiger partial charge on any atom is 0.223 e. The Morgan fingerprint density at radius 1 is 1.06 bits per heavy atom. The van der Waals surface area contributed by atoms with Crippen LogP contribution in [0, 0.1) is 0 Å². The van der Waals surface area contributed by atoms with Crippen molar-refractivity contribution in [1.82, 2.24) is 14.7 Å². The quantitative estimate of drug-likeness (QED) is 0.451. The molecule has 2 aromatic carbocycles. The van der Waals surface area contributed by atoms with Gasteiger partial charge in [-0.3, -0.25) is 14.3 Å². The second-order valence-electron chi connectivity index (χ2n) is 8.95. The van der Waals surface area contributed by atoms with Crippen molar-refractivity contribution in [3.63, 3.8) is 0 Å². The molecule has 8 heteroatoms. The van der Waals surface area contributed by atoms with Gasteiger partial charge in [-0.2, -0.15) is 5.10 Å². The van der Waals surface area contributed by atoms with Crippen LogP contribution in [0.3, 0.4) is 0 Å². The van der Waals surface area contributed by atoms with E-state index in [0.717, 1.165) is 25.3 Å². The number of amides is 1. The number of aromatic nitrogens is 2. The lowest BCUT2D eigenvalue weighted by Gasteiger charge is -2.29. The molecule has 2 N–H and O–H groups in total. The molecule has 4 aromatic rings. The highest BCUT2D eigenvalue weighted by molar-refractivity contribution is 5.91. The molecule has 0 aliphatic carbocycles. The molecule has 0 radical (unpaired) electrons. The number of aryl methyl sites for hydroxylation is 1. The van der Waals surface area contributed by atoms with Crippen molar-refractivity contribution in [3.05, 3.63) is 76.2 Å². The Kier molecular flexibility index (Phi) is 6.03. The van der Waals surface area contributed by atoms with Crippen molar-refractivity contribution in [2.24, 2.45) is 7.05 Å². The number of nitrogens with zero attached hydrogens (tertiary/aromatic N) is 3. The van der Waals surface area contributed by atoms with Gasteiger partial charge in [-0.25, -0.2) is 0 Å². The van der Waals surface area contributed by atoms with E-state index < -0.39 is 11.3 Å². The number of piperidine rings is 1. The third-order valence-corrected chi connectivity index (χ3v) is 6.71. The Labute approximate surface area is 202 Å². The summed E-state index contributed by atoms with van der Waals surface area (Å²) in [6.07, 6.45) is 4.71. The number of carbonyl (C=O) groups excluding carboxylic acids is 1. The molecule has 3 heterocycles. The Hall–Kier alpha value is -4.07. The van der Waals surface area contributed by atoms with Gasteiger partial charge in [0.1, 0.15) is 28.2 Å². The average Bonchev–Trinajstić information content (AvgIpc) is 3.29. The molecule has 35 heavy (non-hydrogen) atoms. The van der Waals surface area contributed by atoms with Crippen molar-refractivity contribution in [2.45, 2.75) is 31.6 Å². The van der Waals surface area contributed by atoms with Crippen molar-refractivity contribution in [1.29, 1.82) is 0 Å². The Morgan fingerprint density at radius 3 is 2.49 bits per heavy atom. The molecule has 5 rings (SSSR count). The normalized spacial score (nSPS) is 14.8. The first kappa shape index (κ1) is 22.7. The molecule has 1 saturated heterocycles. The second kappa shape index (κ2) is 9.29. The molecule has 2 aromatic heterocycles. The molecule has 1 aliphatic rings. The fourth-order valence-corrected chi connectivity index (χ4v) is 4.93. The lowest BCUT2D eigenvalue weighted by atomic mass is 9.88. The van der Waals surface area contributed by atoms with Crippen molar-refractivity contribution in [3.8, 4) is 22.8 Å². The second-order valence-corrected chi connectivity index (χ2v) is 8.95. The zero-order valence-electron chi connectivity index (χ0n) is 19.5. The number of carbonyl (C=O) groups is 1. The number of aromatic hydroxyl groups is 2. The molecule has 1 atom stereocenters. The largest absolute Gasteiger partial charge is 0.507 e. The summed E-state index contributed by atoms with van der Waals surface area (Å²) in [7, 11) is 1.76. The van der Waals surface area contributed by atoms with E-state index in [9.17, 15) is 19.8 Å². The number of fused-ring (bicyclic) bond motifs is 1. The Balaban J connectivity index is 1.72. The van der Waals surface area contributed by atoms with Crippen molar-refractivity contribution >= 4 is 16.9 Å². The predicted molar refractivity (Wildman–Crippen MR) is 131 cm³/mol. The molecule has 1 amide bonds. The van der Waals surface area contributed by atoms with Crippen LogP contribution in [0.4, 0.5) is 0 Å². The van der Waals surface area contributed by atoms with E-state index in [1.54, 1.807) is 24.0 Å². The summed E-state index contributed by atoms with van der Waals surface area (Å²) in [6, 6.07) is 13.4. The number of likely N-dealkylation sites (tertiary alicyclic amines) is 1. The van der Waals surface area contributed by atoms with Crippen molar-refractivity contribution in [2.75, 3.05) is 13.1 Å². The number of rotatable bonds is 5. The van der Waals surface area contributed by atoms with Gasteiger partial charge in [-0.15, -0.1) is 0 Å². The molecule has 0 bridgehead atoms. The van der Waals surface area contributed by atoms with Crippen LogP contribution in [-0.4, -0.2) is 43.9 Å². The molecule has 8 nitrogen and oxygen atoms in total. The maximum absolute atomic E-state index is 13.3. The van der Waals surface area contributed by atoms with Gasteiger partial charge in [-0.1, -0.05) is 30.3 Å². The Bertz CT molecular complexity index is 1430. The van der Waals surface area contributed by atoms with E-state index in [0.29, 0.717) is 30.1 Å². The molecule has 1 aliphatic heterocycles. The molecule has 0 unspecified atom stereocenters. The molecule has 0 saturated carbocycles. The van der Waals surface area contributed by atoms with Crippen LogP contribution in [-0.2, 0) is 11.8 Å². The van der Waals surface area contributed by atoms with Gasteiger partial charge in [0.25, 0.3) is 0 Å². The zero-order valence-corrected chi connectivity index (χ0v) is 19.5. The van der Waals surface area contributed by atoms with Crippen LogP contribution in [0.15, 0.2) is 63.9 Å². The first-order valence-electron chi connectivity index (χ1n) is 11.8. The van der Waals surface area contributed by atoms with E-state index >= 15 is 0 Å². The topological polar surface area (TPSA) is 109 Å². The van der Waals surface area contributed by atoms with Gasteiger partial charge in [0.15, 0.2) is 5.43 Å². The highest BCUT2D eigenvalue weighted by atomic mass is 16.3. The summed E-state index contributed by atoms with van der Waals surface area (Å²) < 4.78 is 7.84. The molecule has 0 spiro atoms. The summed E-state index contributed by atoms with van der Waals surface area (Å²) in [5.41, 5.74) is 1.27. The van der Waals surface area contributed by atoms with E-state index in [1.807, 2.05) is 35.2 Å². The third-order valence-electron chi connectivity index (χ3n) is 6.71. The van der Waals surface area contributed by atoms with Crippen LogP contribution >= 0.6 is 0 Å². The van der Waals surface area contributed by atoms with Crippen LogP contribution in [0.5, 0.6) is 11.5 Å². The van der Waals surface area contributed by atoms with Gasteiger partial charge in [0, 0.05) is 67.6 Å². The third kappa shape index (κ3) is 4.27. The minimum Gasteiger partial charge on any atom is -0.507 e.